The van der Waals surface area contributed by atoms with Gasteiger partial charge < -0.3 is 20.7 Å². The molecule has 24 heavy (non-hydrogen) atoms. The van der Waals surface area contributed by atoms with Crippen LogP contribution in [-0.2, 0) is 9.53 Å². The minimum atomic E-state index is -0.358. The van der Waals surface area contributed by atoms with E-state index in [4.69, 9.17) is 22.7 Å². The number of thiocarbonyl (C=S) groups is 1. The predicted molar refractivity (Wildman–Crippen MR) is 100 cm³/mol. The number of carbonyl (C=O) groups is 1. The van der Waals surface area contributed by atoms with Crippen molar-refractivity contribution in [2.45, 2.75) is 33.7 Å². The highest BCUT2D eigenvalue weighted by Crippen LogP contribution is 2.32. The molecule has 0 aliphatic carbocycles. The molecule has 1 heterocycles. The van der Waals surface area contributed by atoms with E-state index < -0.39 is 0 Å². The Balaban J connectivity index is 2.45. The Bertz CT molecular complexity index is 670. The van der Waals surface area contributed by atoms with Crippen molar-refractivity contribution in [1.82, 2.24) is 10.2 Å². The van der Waals surface area contributed by atoms with E-state index in [-0.39, 0.29) is 17.9 Å². The summed E-state index contributed by atoms with van der Waals surface area (Å²) in [5.41, 5.74) is 8.84. The number of nitrogen functional groups attached to an aromatic ring is 1. The summed E-state index contributed by atoms with van der Waals surface area (Å²) in [4.78, 5) is 14.6. The summed E-state index contributed by atoms with van der Waals surface area (Å²) in [6.07, 6.45) is 0. The van der Waals surface area contributed by atoms with Gasteiger partial charge in [0.25, 0.3) is 0 Å². The summed E-state index contributed by atoms with van der Waals surface area (Å²) in [5, 5.41) is 3.85. The Morgan fingerprint density at radius 2 is 2.17 bits per heavy atom. The lowest BCUT2D eigenvalue weighted by molar-refractivity contribution is -0.140. The maximum atomic E-state index is 12.7. The first-order valence-electron chi connectivity index (χ1n) is 8.16. The maximum absolute atomic E-state index is 12.7. The highest BCUT2D eigenvalue weighted by molar-refractivity contribution is 7.80. The SMILES string of the molecule is CCN1C(=S)N[C@H](c2cccc(N)c2)C(C(=O)OCC(C)C)=C1C. The van der Waals surface area contributed by atoms with Crippen LogP contribution in [0.15, 0.2) is 35.5 Å². The molecule has 1 aromatic carbocycles. The lowest BCUT2D eigenvalue weighted by atomic mass is 9.94. The summed E-state index contributed by atoms with van der Waals surface area (Å²) in [5.74, 6) is -0.0392. The molecule has 0 radical (unpaired) electrons. The van der Waals surface area contributed by atoms with Gasteiger partial charge >= 0.3 is 5.97 Å². The third-order valence-electron chi connectivity index (χ3n) is 3.92. The number of ether oxygens (including phenoxy) is 1. The normalized spacial score (nSPS) is 18.0. The van der Waals surface area contributed by atoms with Crippen LogP contribution in [-0.4, -0.2) is 29.1 Å². The average Bonchev–Trinajstić information content (AvgIpc) is 2.52. The van der Waals surface area contributed by atoms with E-state index >= 15 is 0 Å². The first-order chi connectivity index (χ1) is 11.3. The van der Waals surface area contributed by atoms with Gasteiger partial charge in [0.15, 0.2) is 5.11 Å². The van der Waals surface area contributed by atoms with E-state index in [1.165, 1.54) is 0 Å². The number of hydrogen-bond donors (Lipinski definition) is 2. The minimum Gasteiger partial charge on any atom is -0.462 e. The molecule has 1 aromatic rings. The number of nitrogens with one attached hydrogen (secondary N) is 1. The van der Waals surface area contributed by atoms with Crippen LogP contribution in [0.3, 0.4) is 0 Å². The summed E-state index contributed by atoms with van der Waals surface area (Å²) in [7, 11) is 0. The number of benzene rings is 1. The van der Waals surface area contributed by atoms with E-state index in [9.17, 15) is 4.79 Å². The number of allylic oxidation sites excluding steroid dienone is 1. The van der Waals surface area contributed by atoms with Gasteiger partial charge in [-0.2, -0.15) is 0 Å². The summed E-state index contributed by atoms with van der Waals surface area (Å²) in [6, 6.07) is 7.11. The summed E-state index contributed by atoms with van der Waals surface area (Å²) < 4.78 is 5.49. The molecule has 2 rings (SSSR count). The van der Waals surface area contributed by atoms with Gasteiger partial charge in [0, 0.05) is 17.9 Å². The van der Waals surface area contributed by atoms with Gasteiger partial charge in [-0.15, -0.1) is 0 Å². The zero-order valence-electron chi connectivity index (χ0n) is 14.6. The number of hydrogen-bond acceptors (Lipinski definition) is 4. The van der Waals surface area contributed by atoms with Gasteiger partial charge in [-0.1, -0.05) is 26.0 Å². The third kappa shape index (κ3) is 3.87. The van der Waals surface area contributed by atoms with E-state index in [0.29, 0.717) is 29.5 Å². The standard InChI is InChI=1S/C18H25N3O2S/c1-5-21-12(4)15(17(22)23-10-11(2)3)16(20-18(21)24)13-7-6-8-14(19)9-13/h6-9,11,16H,5,10,19H2,1-4H3,(H,20,24)/t16-/m1/s1. The third-order valence-corrected chi connectivity index (χ3v) is 4.26. The Hall–Kier alpha value is -2.08. The minimum absolute atomic E-state index is 0.278. The van der Waals surface area contributed by atoms with Crippen molar-refractivity contribution in [2.75, 3.05) is 18.9 Å². The van der Waals surface area contributed by atoms with E-state index in [2.05, 4.69) is 5.32 Å². The van der Waals surface area contributed by atoms with Crippen LogP contribution in [0.4, 0.5) is 5.69 Å². The molecular weight excluding hydrogens is 322 g/mol. The first kappa shape index (κ1) is 18.3. The van der Waals surface area contributed by atoms with Crippen molar-refractivity contribution in [3.05, 3.63) is 41.1 Å². The van der Waals surface area contributed by atoms with Gasteiger partial charge in [-0.05, 0) is 49.7 Å². The van der Waals surface area contributed by atoms with Crippen molar-refractivity contribution in [1.29, 1.82) is 0 Å². The molecule has 6 heteroatoms. The van der Waals surface area contributed by atoms with Crippen molar-refractivity contribution >= 4 is 29.0 Å². The van der Waals surface area contributed by atoms with Crippen molar-refractivity contribution in [3.8, 4) is 0 Å². The van der Waals surface area contributed by atoms with Gasteiger partial charge in [-0.3, -0.25) is 0 Å². The fourth-order valence-corrected chi connectivity index (χ4v) is 3.12. The molecule has 0 bridgehead atoms. The molecule has 0 saturated heterocycles. The molecule has 1 atom stereocenters. The second kappa shape index (κ2) is 7.66. The lowest BCUT2D eigenvalue weighted by Crippen LogP contribution is -2.47. The summed E-state index contributed by atoms with van der Waals surface area (Å²) in [6.45, 7) is 8.99. The molecule has 5 nitrogen and oxygen atoms in total. The summed E-state index contributed by atoms with van der Waals surface area (Å²) >= 11 is 5.46. The van der Waals surface area contributed by atoms with Crippen molar-refractivity contribution in [3.63, 3.8) is 0 Å². The van der Waals surface area contributed by atoms with E-state index in [1.807, 2.05) is 56.9 Å². The number of anilines is 1. The Morgan fingerprint density at radius 3 is 2.75 bits per heavy atom. The van der Waals surface area contributed by atoms with E-state index in [0.717, 1.165) is 11.3 Å². The molecule has 0 spiro atoms. The molecule has 1 aliphatic heterocycles. The fraction of sp³-hybridized carbons (Fsp3) is 0.444. The lowest BCUT2D eigenvalue weighted by Gasteiger charge is -2.37. The monoisotopic (exact) mass is 347 g/mol. The van der Waals surface area contributed by atoms with Crippen LogP contribution in [0.5, 0.6) is 0 Å². The molecular formula is C18H25N3O2S. The van der Waals surface area contributed by atoms with Gasteiger partial charge in [0.2, 0.25) is 0 Å². The average molecular weight is 347 g/mol. The second-order valence-corrected chi connectivity index (χ2v) is 6.67. The van der Waals surface area contributed by atoms with Crippen LogP contribution >= 0.6 is 12.2 Å². The first-order valence-corrected chi connectivity index (χ1v) is 8.57. The van der Waals surface area contributed by atoms with Crippen molar-refractivity contribution in [2.24, 2.45) is 5.92 Å². The van der Waals surface area contributed by atoms with Gasteiger partial charge in [0.1, 0.15) is 0 Å². The maximum Gasteiger partial charge on any atom is 0.338 e. The number of rotatable bonds is 5. The number of esters is 1. The molecule has 0 aromatic heterocycles. The Kier molecular flexibility index (Phi) is 5.83. The largest absolute Gasteiger partial charge is 0.462 e. The van der Waals surface area contributed by atoms with Gasteiger partial charge in [-0.25, -0.2) is 4.79 Å². The zero-order chi connectivity index (χ0) is 17.9. The predicted octanol–water partition coefficient (Wildman–Crippen LogP) is 2.99. The molecule has 0 saturated carbocycles. The molecule has 0 unspecified atom stereocenters. The topological polar surface area (TPSA) is 67.6 Å². The highest BCUT2D eigenvalue weighted by atomic mass is 32.1. The van der Waals surface area contributed by atoms with Crippen LogP contribution in [0.25, 0.3) is 0 Å². The zero-order valence-corrected chi connectivity index (χ0v) is 15.4. The van der Waals surface area contributed by atoms with E-state index in [1.54, 1.807) is 0 Å². The van der Waals surface area contributed by atoms with Crippen LogP contribution in [0.1, 0.15) is 39.3 Å². The molecule has 1 aliphatic rings. The fourth-order valence-electron chi connectivity index (χ4n) is 2.74. The number of nitrogens with zero attached hydrogens (tertiary/aromatic N) is 1. The smallest absolute Gasteiger partial charge is 0.338 e. The molecule has 3 N–H and O–H groups in total. The second-order valence-electron chi connectivity index (χ2n) is 6.29. The molecule has 0 amide bonds. The highest BCUT2D eigenvalue weighted by Gasteiger charge is 2.34. The van der Waals surface area contributed by atoms with Crippen molar-refractivity contribution < 1.29 is 9.53 Å². The Morgan fingerprint density at radius 1 is 1.46 bits per heavy atom. The quantitative estimate of drug-likeness (QED) is 0.485. The molecule has 130 valence electrons. The Labute approximate surface area is 148 Å². The van der Waals surface area contributed by atoms with Crippen LogP contribution in [0.2, 0.25) is 0 Å². The number of nitrogens with two attached hydrogens (primary N) is 1. The number of carbonyl (C=O) groups excluding carboxylic acids is 1. The van der Waals surface area contributed by atoms with Gasteiger partial charge in [0.05, 0.1) is 18.2 Å². The molecule has 0 fully saturated rings. The van der Waals surface area contributed by atoms with Crippen LogP contribution in [0, 0.1) is 5.92 Å². The van der Waals surface area contributed by atoms with Crippen LogP contribution < -0.4 is 11.1 Å².